The van der Waals surface area contributed by atoms with E-state index >= 15 is 0 Å². The summed E-state index contributed by atoms with van der Waals surface area (Å²) in [6.07, 6.45) is 4.86. The minimum atomic E-state index is -0.922. The molecule has 0 aliphatic heterocycles. The van der Waals surface area contributed by atoms with Crippen molar-refractivity contribution in [2.24, 2.45) is 0 Å². The average Bonchev–Trinajstić information content (AvgIpc) is 2.67. The van der Waals surface area contributed by atoms with E-state index in [0.717, 1.165) is 6.42 Å². The number of carbonyl (C=O) groups excluding carboxylic acids is 1. The van der Waals surface area contributed by atoms with E-state index in [1.807, 2.05) is 6.92 Å². The van der Waals surface area contributed by atoms with E-state index in [0.29, 0.717) is 39.6 Å². The van der Waals surface area contributed by atoms with Gasteiger partial charge in [-0.25, -0.2) is 0 Å². The van der Waals surface area contributed by atoms with Gasteiger partial charge in [0, 0.05) is 5.56 Å². The molecule has 0 aliphatic rings. The normalized spacial score (nSPS) is 10.9. The zero-order chi connectivity index (χ0) is 22.1. The second-order valence-corrected chi connectivity index (χ2v) is 7.08. The number of halogens is 1. The second-order valence-electron chi connectivity index (χ2n) is 6.67. The van der Waals surface area contributed by atoms with E-state index in [4.69, 9.17) is 26.2 Å². The van der Waals surface area contributed by atoms with Gasteiger partial charge in [-0.05, 0) is 55.3 Å². The first kappa shape index (κ1) is 23.3. The van der Waals surface area contributed by atoms with Crippen LogP contribution in [0.2, 0.25) is 5.02 Å². The van der Waals surface area contributed by atoms with E-state index in [9.17, 15) is 14.7 Å². The van der Waals surface area contributed by atoms with Crippen LogP contribution in [0.1, 0.15) is 41.8 Å². The molecule has 0 unspecified atom stereocenters. The monoisotopic (exact) mass is 432 g/mol. The molecule has 0 radical (unpaired) electrons. The highest BCUT2D eigenvalue weighted by molar-refractivity contribution is 6.32. The standard InChI is InChI=1S/C23H25ClO6/c1-3-6-18-20(10-8-17(15(2)25)23(18)28)29-11-4-5-12-30-21-9-7-16(13-19(21)24)14-22(26)27/h4-5,7-10,13,28H,3,6,11-12,14H2,1-2H3,(H,26,27)/b5-4+. The summed E-state index contributed by atoms with van der Waals surface area (Å²) in [5.74, 6) is -0.124. The lowest BCUT2D eigenvalue weighted by molar-refractivity contribution is -0.136. The number of carboxylic acid groups (broad SMARTS) is 1. The SMILES string of the molecule is CCCc1c(OC/C=C/COc2ccc(CC(=O)O)cc2Cl)ccc(C(C)=O)c1O. The maximum Gasteiger partial charge on any atom is 0.307 e. The number of carbonyl (C=O) groups is 2. The Hall–Kier alpha value is -2.99. The number of hydrogen-bond donors (Lipinski definition) is 2. The van der Waals surface area contributed by atoms with Crippen molar-refractivity contribution >= 4 is 23.4 Å². The van der Waals surface area contributed by atoms with Crippen LogP contribution in [-0.2, 0) is 17.6 Å². The number of ether oxygens (including phenoxy) is 2. The molecule has 0 saturated carbocycles. The van der Waals surface area contributed by atoms with E-state index in [1.165, 1.54) is 6.92 Å². The number of benzene rings is 2. The fraction of sp³-hybridized carbons (Fsp3) is 0.304. The van der Waals surface area contributed by atoms with E-state index in [1.54, 1.807) is 42.5 Å². The van der Waals surface area contributed by atoms with Gasteiger partial charge in [-0.15, -0.1) is 0 Å². The average molecular weight is 433 g/mol. The Bertz CT molecular complexity index is 936. The van der Waals surface area contributed by atoms with Crippen molar-refractivity contribution in [2.45, 2.75) is 33.1 Å². The van der Waals surface area contributed by atoms with Gasteiger partial charge in [-0.3, -0.25) is 9.59 Å². The first-order chi connectivity index (χ1) is 14.3. The highest BCUT2D eigenvalue weighted by Crippen LogP contribution is 2.33. The zero-order valence-electron chi connectivity index (χ0n) is 17.0. The minimum absolute atomic E-state index is 0.0184. The Morgan fingerprint density at radius 2 is 1.70 bits per heavy atom. The van der Waals surface area contributed by atoms with Crippen LogP contribution in [0, 0.1) is 0 Å². The van der Waals surface area contributed by atoms with Gasteiger partial charge >= 0.3 is 5.97 Å². The molecule has 0 amide bonds. The highest BCUT2D eigenvalue weighted by Gasteiger charge is 2.15. The third-order valence-electron chi connectivity index (χ3n) is 4.31. The van der Waals surface area contributed by atoms with Crippen molar-refractivity contribution in [3.05, 3.63) is 64.2 Å². The number of hydrogen-bond acceptors (Lipinski definition) is 5. The maximum atomic E-state index is 11.6. The molecule has 0 heterocycles. The zero-order valence-corrected chi connectivity index (χ0v) is 17.7. The number of aliphatic carboxylic acids is 1. The molecular weight excluding hydrogens is 408 g/mol. The molecular formula is C23H25ClO6. The number of aromatic hydroxyl groups is 1. The van der Waals surface area contributed by atoms with Crippen LogP contribution in [-0.4, -0.2) is 35.2 Å². The van der Waals surface area contributed by atoms with E-state index < -0.39 is 5.97 Å². The summed E-state index contributed by atoms with van der Waals surface area (Å²) in [6, 6.07) is 8.14. The van der Waals surface area contributed by atoms with Gasteiger partial charge in [-0.1, -0.05) is 31.0 Å². The summed E-state index contributed by atoms with van der Waals surface area (Å²) in [6.45, 7) is 3.93. The largest absolute Gasteiger partial charge is 0.507 e. The van der Waals surface area contributed by atoms with Crippen LogP contribution < -0.4 is 9.47 Å². The third-order valence-corrected chi connectivity index (χ3v) is 4.60. The number of carboxylic acids is 1. The number of ketones is 1. The third kappa shape index (κ3) is 6.52. The lowest BCUT2D eigenvalue weighted by Gasteiger charge is -2.13. The molecule has 0 spiro atoms. The molecule has 2 rings (SSSR count). The van der Waals surface area contributed by atoms with Gasteiger partial charge in [0.15, 0.2) is 5.78 Å². The van der Waals surface area contributed by atoms with Crippen LogP contribution in [0.25, 0.3) is 0 Å². The predicted molar refractivity (Wildman–Crippen MR) is 115 cm³/mol. The smallest absolute Gasteiger partial charge is 0.307 e. The maximum absolute atomic E-state index is 11.6. The van der Waals surface area contributed by atoms with Gasteiger partial charge < -0.3 is 19.7 Å². The molecule has 30 heavy (non-hydrogen) atoms. The first-order valence-corrected chi connectivity index (χ1v) is 9.97. The molecule has 2 aromatic carbocycles. The molecule has 0 atom stereocenters. The van der Waals surface area contributed by atoms with Crippen molar-refractivity contribution in [3.63, 3.8) is 0 Å². The Balaban J connectivity index is 1.91. The quantitative estimate of drug-likeness (QED) is 0.389. The molecule has 2 aromatic rings. The van der Waals surface area contributed by atoms with Crippen molar-refractivity contribution < 1.29 is 29.3 Å². The topological polar surface area (TPSA) is 93.1 Å². The fourth-order valence-corrected chi connectivity index (χ4v) is 3.14. The van der Waals surface area contributed by atoms with E-state index in [-0.39, 0.29) is 31.2 Å². The van der Waals surface area contributed by atoms with Crippen molar-refractivity contribution in [1.29, 1.82) is 0 Å². The van der Waals surface area contributed by atoms with Crippen LogP contribution in [0.5, 0.6) is 17.2 Å². The number of phenolic OH excluding ortho intramolecular Hbond substituents is 1. The number of phenols is 1. The summed E-state index contributed by atoms with van der Waals surface area (Å²) in [7, 11) is 0. The molecule has 0 aliphatic carbocycles. The van der Waals surface area contributed by atoms with Gasteiger partial charge in [-0.2, -0.15) is 0 Å². The molecule has 0 bridgehead atoms. The number of Topliss-reactive ketones (excluding diaryl/α,β-unsaturated/α-hetero) is 1. The fourth-order valence-electron chi connectivity index (χ4n) is 2.89. The molecule has 6 nitrogen and oxygen atoms in total. The second kappa shape index (κ2) is 11.3. The molecule has 160 valence electrons. The summed E-state index contributed by atoms with van der Waals surface area (Å²) < 4.78 is 11.3. The molecule has 0 saturated heterocycles. The van der Waals surface area contributed by atoms with Crippen LogP contribution in [0.15, 0.2) is 42.5 Å². The van der Waals surface area contributed by atoms with Crippen molar-refractivity contribution in [3.8, 4) is 17.2 Å². The molecule has 2 N–H and O–H groups in total. The Kier molecular flexibility index (Phi) is 8.74. The predicted octanol–water partition coefficient (Wildman–Crippen LogP) is 4.84. The first-order valence-electron chi connectivity index (χ1n) is 9.60. The van der Waals surface area contributed by atoms with Gasteiger partial charge in [0.2, 0.25) is 0 Å². The Labute approximate surface area is 180 Å². The van der Waals surface area contributed by atoms with Crippen LogP contribution >= 0.6 is 11.6 Å². The lowest BCUT2D eigenvalue weighted by atomic mass is 10.0. The summed E-state index contributed by atoms with van der Waals surface area (Å²) in [4.78, 5) is 22.3. The Morgan fingerprint density at radius 1 is 1.07 bits per heavy atom. The highest BCUT2D eigenvalue weighted by atomic mass is 35.5. The minimum Gasteiger partial charge on any atom is -0.507 e. The van der Waals surface area contributed by atoms with Crippen molar-refractivity contribution in [1.82, 2.24) is 0 Å². The molecule has 7 heteroatoms. The summed E-state index contributed by atoms with van der Waals surface area (Å²) >= 11 is 6.12. The lowest BCUT2D eigenvalue weighted by Crippen LogP contribution is -2.03. The number of rotatable bonds is 11. The van der Waals surface area contributed by atoms with Crippen LogP contribution in [0.4, 0.5) is 0 Å². The van der Waals surface area contributed by atoms with Crippen LogP contribution in [0.3, 0.4) is 0 Å². The van der Waals surface area contributed by atoms with Gasteiger partial charge in [0.1, 0.15) is 30.5 Å². The van der Waals surface area contributed by atoms with Gasteiger partial charge in [0.05, 0.1) is 17.0 Å². The summed E-state index contributed by atoms with van der Waals surface area (Å²) in [5.41, 5.74) is 1.52. The van der Waals surface area contributed by atoms with Crippen molar-refractivity contribution in [2.75, 3.05) is 13.2 Å². The van der Waals surface area contributed by atoms with Gasteiger partial charge in [0.25, 0.3) is 0 Å². The molecule has 0 fully saturated rings. The van der Waals surface area contributed by atoms with E-state index in [2.05, 4.69) is 0 Å². The Morgan fingerprint density at radius 3 is 2.27 bits per heavy atom. The molecule has 0 aromatic heterocycles. The summed E-state index contributed by atoms with van der Waals surface area (Å²) in [5, 5.41) is 19.5.